The summed E-state index contributed by atoms with van der Waals surface area (Å²) >= 11 is 5.52. The van der Waals surface area contributed by atoms with Crippen LogP contribution in [-0.4, -0.2) is 48.8 Å². The fourth-order valence-electron chi connectivity index (χ4n) is 3.90. The quantitative estimate of drug-likeness (QED) is 0.799. The number of hydrogen-bond donors (Lipinski definition) is 2. The Kier molecular flexibility index (Phi) is 6.54. The Morgan fingerprint density at radius 1 is 1.12 bits per heavy atom. The second-order valence-electron chi connectivity index (χ2n) is 7.35. The standard InChI is InChI=1S/C20H32N4S/c1-3-23-11-13-24(14-12-23)18-9-10-19(16(2)15-18)22-20(25)21-17-7-5-4-6-8-17/h9-10,15,17H,3-8,11-14H2,1-2H3,(H2,21,22,25). The van der Waals surface area contributed by atoms with Crippen LogP contribution in [0.1, 0.15) is 44.6 Å². The van der Waals surface area contributed by atoms with Crippen molar-refractivity contribution in [3.63, 3.8) is 0 Å². The van der Waals surface area contributed by atoms with Crippen LogP contribution < -0.4 is 15.5 Å². The summed E-state index contributed by atoms with van der Waals surface area (Å²) in [6.45, 7) is 10.1. The third-order valence-corrected chi connectivity index (χ3v) is 5.80. The molecule has 0 spiro atoms. The second-order valence-corrected chi connectivity index (χ2v) is 7.76. The Balaban J connectivity index is 1.55. The zero-order chi connectivity index (χ0) is 17.6. The number of aryl methyl sites for hydroxylation is 1. The highest BCUT2D eigenvalue weighted by Gasteiger charge is 2.17. The smallest absolute Gasteiger partial charge is 0.171 e. The average molecular weight is 361 g/mol. The summed E-state index contributed by atoms with van der Waals surface area (Å²) in [6, 6.07) is 7.22. The van der Waals surface area contributed by atoms with Crippen molar-refractivity contribution >= 4 is 28.7 Å². The summed E-state index contributed by atoms with van der Waals surface area (Å²) in [6.07, 6.45) is 6.48. The van der Waals surface area contributed by atoms with Crippen LogP contribution >= 0.6 is 12.2 Å². The van der Waals surface area contributed by atoms with E-state index in [9.17, 15) is 0 Å². The van der Waals surface area contributed by atoms with Crippen LogP contribution in [0.15, 0.2) is 18.2 Å². The number of hydrogen-bond acceptors (Lipinski definition) is 3. The molecular weight excluding hydrogens is 328 g/mol. The molecule has 2 N–H and O–H groups in total. The molecule has 0 radical (unpaired) electrons. The molecular formula is C20H32N4S. The fourth-order valence-corrected chi connectivity index (χ4v) is 4.17. The lowest BCUT2D eigenvalue weighted by molar-refractivity contribution is 0.271. The molecule has 1 aromatic rings. The molecule has 25 heavy (non-hydrogen) atoms. The molecule has 1 aromatic carbocycles. The van der Waals surface area contributed by atoms with E-state index in [2.05, 4.69) is 52.5 Å². The topological polar surface area (TPSA) is 30.5 Å². The molecule has 2 aliphatic rings. The van der Waals surface area contributed by atoms with Gasteiger partial charge in [-0.3, -0.25) is 0 Å². The van der Waals surface area contributed by atoms with Gasteiger partial charge in [0.2, 0.25) is 0 Å². The minimum absolute atomic E-state index is 0.545. The maximum absolute atomic E-state index is 5.52. The molecule has 1 saturated carbocycles. The molecule has 0 bridgehead atoms. The lowest BCUT2D eigenvalue weighted by atomic mass is 9.96. The minimum atomic E-state index is 0.545. The van der Waals surface area contributed by atoms with E-state index < -0.39 is 0 Å². The van der Waals surface area contributed by atoms with Crippen LogP contribution in [0.5, 0.6) is 0 Å². The summed E-state index contributed by atoms with van der Waals surface area (Å²) in [5.74, 6) is 0. The van der Waals surface area contributed by atoms with Crippen molar-refractivity contribution in [2.75, 3.05) is 42.9 Å². The number of benzene rings is 1. The molecule has 138 valence electrons. The van der Waals surface area contributed by atoms with Crippen molar-refractivity contribution in [2.24, 2.45) is 0 Å². The predicted molar refractivity (Wildman–Crippen MR) is 112 cm³/mol. The molecule has 0 unspecified atom stereocenters. The van der Waals surface area contributed by atoms with Crippen LogP contribution in [-0.2, 0) is 0 Å². The maximum atomic E-state index is 5.52. The molecule has 0 aromatic heterocycles. The summed E-state index contributed by atoms with van der Waals surface area (Å²) in [5.41, 5.74) is 3.69. The van der Waals surface area contributed by atoms with Gasteiger partial charge in [0.1, 0.15) is 0 Å². The van der Waals surface area contributed by atoms with Gasteiger partial charge in [-0.2, -0.15) is 0 Å². The molecule has 5 heteroatoms. The highest BCUT2D eigenvalue weighted by Crippen LogP contribution is 2.24. The molecule has 3 rings (SSSR count). The zero-order valence-electron chi connectivity index (χ0n) is 15.7. The van der Waals surface area contributed by atoms with Gasteiger partial charge in [0.25, 0.3) is 0 Å². The van der Waals surface area contributed by atoms with Crippen LogP contribution in [0.3, 0.4) is 0 Å². The van der Waals surface area contributed by atoms with Gasteiger partial charge < -0.3 is 20.4 Å². The molecule has 4 nitrogen and oxygen atoms in total. The number of rotatable bonds is 4. The molecule has 1 saturated heterocycles. The first-order valence-electron chi connectivity index (χ1n) is 9.81. The second kappa shape index (κ2) is 8.86. The number of anilines is 2. The summed E-state index contributed by atoms with van der Waals surface area (Å²) < 4.78 is 0. The van der Waals surface area contributed by atoms with Crippen LogP contribution in [0, 0.1) is 6.92 Å². The van der Waals surface area contributed by atoms with Crippen molar-refractivity contribution in [2.45, 2.75) is 52.0 Å². The lowest BCUT2D eigenvalue weighted by Gasteiger charge is -2.35. The number of nitrogens with zero attached hydrogens (tertiary/aromatic N) is 2. The first kappa shape index (κ1) is 18.5. The number of likely N-dealkylation sites (N-methyl/N-ethyl adjacent to an activating group) is 1. The SMILES string of the molecule is CCN1CCN(c2ccc(NC(=S)NC3CCCCC3)c(C)c2)CC1. The average Bonchev–Trinajstić information content (AvgIpc) is 2.64. The van der Waals surface area contributed by atoms with E-state index in [1.807, 2.05) is 0 Å². The van der Waals surface area contributed by atoms with E-state index in [4.69, 9.17) is 12.2 Å². The number of thiocarbonyl (C=S) groups is 1. The van der Waals surface area contributed by atoms with Gasteiger partial charge in [0.15, 0.2) is 5.11 Å². The highest BCUT2D eigenvalue weighted by molar-refractivity contribution is 7.80. The number of piperazine rings is 1. The van der Waals surface area contributed by atoms with Gasteiger partial charge >= 0.3 is 0 Å². The van der Waals surface area contributed by atoms with Gasteiger partial charge in [-0.25, -0.2) is 0 Å². The van der Waals surface area contributed by atoms with E-state index in [-0.39, 0.29) is 0 Å². The van der Waals surface area contributed by atoms with E-state index in [0.29, 0.717) is 6.04 Å². The third-order valence-electron chi connectivity index (χ3n) is 5.58. The third kappa shape index (κ3) is 5.08. The van der Waals surface area contributed by atoms with Crippen molar-refractivity contribution in [3.8, 4) is 0 Å². The van der Waals surface area contributed by atoms with Crippen molar-refractivity contribution in [3.05, 3.63) is 23.8 Å². The van der Waals surface area contributed by atoms with Crippen molar-refractivity contribution in [1.29, 1.82) is 0 Å². The fraction of sp³-hybridized carbons (Fsp3) is 0.650. The predicted octanol–water partition coefficient (Wildman–Crippen LogP) is 3.76. The van der Waals surface area contributed by atoms with Gasteiger partial charge in [-0.15, -0.1) is 0 Å². The van der Waals surface area contributed by atoms with E-state index >= 15 is 0 Å². The Labute approximate surface area is 158 Å². The first-order chi connectivity index (χ1) is 12.2. The van der Waals surface area contributed by atoms with Crippen molar-refractivity contribution in [1.82, 2.24) is 10.2 Å². The normalized spacial score (nSPS) is 19.7. The molecule has 0 atom stereocenters. The Hall–Kier alpha value is -1.33. The van der Waals surface area contributed by atoms with Crippen LogP contribution in [0.25, 0.3) is 0 Å². The monoisotopic (exact) mass is 360 g/mol. The Morgan fingerprint density at radius 2 is 1.84 bits per heavy atom. The van der Waals surface area contributed by atoms with Gasteiger partial charge in [-0.05, 0) is 62.3 Å². The van der Waals surface area contributed by atoms with E-state index in [1.165, 1.54) is 43.4 Å². The minimum Gasteiger partial charge on any atom is -0.369 e. The molecule has 2 fully saturated rings. The van der Waals surface area contributed by atoms with E-state index in [0.717, 1.165) is 43.5 Å². The summed E-state index contributed by atoms with van der Waals surface area (Å²) in [5, 5.41) is 7.65. The summed E-state index contributed by atoms with van der Waals surface area (Å²) in [7, 11) is 0. The van der Waals surface area contributed by atoms with Crippen molar-refractivity contribution < 1.29 is 0 Å². The van der Waals surface area contributed by atoms with Gasteiger partial charge in [0.05, 0.1) is 0 Å². The lowest BCUT2D eigenvalue weighted by Crippen LogP contribution is -2.46. The van der Waals surface area contributed by atoms with Gasteiger partial charge in [0, 0.05) is 43.6 Å². The molecule has 1 aliphatic heterocycles. The molecule has 0 amide bonds. The van der Waals surface area contributed by atoms with Gasteiger partial charge in [-0.1, -0.05) is 26.2 Å². The Bertz CT molecular complexity index is 575. The summed E-state index contributed by atoms with van der Waals surface area (Å²) in [4.78, 5) is 5.00. The Morgan fingerprint density at radius 3 is 2.48 bits per heavy atom. The number of nitrogens with one attached hydrogen (secondary N) is 2. The molecule has 1 heterocycles. The first-order valence-corrected chi connectivity index (χ1v) is 10.2. The highest BCUT2D eigenvalue weighted by atomic mass is 32.1. The zero-order valence-corrected chi connectivity index (χ0v) is 16.5. The maximum Gasteiger partial charge on any atom is 0.171 e. The van der Waals surface area contributed by atoms with Crippen LogP contribution in [0.4, 0.5) is 11.4 Å². The van der Waals surface area contributed by atoms with E-state index in [1.54, 1.807) is 0 Å². The van der Waals surface area contributed by atoms with Crippen LogP contribution in [0.2, 0.25) is 0 Å². The molecule has 1 aliphatic carbocycles. The largest absolute Gasteiger partial charge is 0.369 e.